The van der Waals surface area contributed by atoms with Gasteiger partial charge in [-0.3, -0.25) is 9.59 Å². The number of benzene rings is 2. The summed E-state index contributed by atoms with van der Waals surface area (Å²) >= 11 is 5.86. The highest BCUT2D eigenvalue weighted by Gasteiger charge is 2.30. The third kappa shape index (κ3) is 5.08. The lowest BCUT2D eigenvalue weighted by molar-refractivity contribution is 0.0922. The molecule has 0 spiro atoms. The zero-order valence-corrected chi connectivity index (χ0v) is 17.8. The number of nitrogens with one attached hydrogen (secondary N) is 1. The van der Waals surface area contributed by atoms with E-state index >= 15 is 0 Å². The summed E-state index contributed by atoms with van der Waals surface area (Å²) in [4.78, 5) is 24.4. The summed E-state index contributed by atoms with van der Waals surface area (Å²) in [6.07, 6.45) is -2.97. The molecule has 3 rings (SSSR count). The third-order valence-electron chi connectivity index (χ3n) is 4.65. The number of ketones is 1. The van der Waals surface area contributed by atoms with Crippen molar-refractivity contribution < 1.29 is 23.1 Å². The quantitative estimate of drug-likeness (QED) is 0.485. The van der Waals surface area contributed by atoms with Crippen molar-refractivity contribution in [2.24, 2.45) is 7.05 Å². The average molecular weight is 448 g/mol. The van der Waals surface area contributed by atoms with Crippen molar-refractivity contribution in [3.63, 3.8) is 0 Å². The van der Waals surface area contributed by atoms with Crippen LogP contribution in [0, 0.1) is 0 Å². The van der Waals surface area contributed by atoms with Crippen LogP contribution in [0.4, 0.5) is 8.78 Å². The monoisotopic (exact) mass is 447 g/mol. The molecule has 0 unspecified atom stereocenters. The van der Waals surface area contributed by atoms with E-state index in [1.54, 1.807) is 55.5 Å². The number of ether oxygens (including phenoxy) is 1. The number of hydrogen-bond acceptors (Lipinski definition) is 4. The molecule has 0 radical (unpaired) electrons. The molecule has 9 heteroatoms. The SMILES string of the molecule is CC(=O)c1ccc([C@H](C)NC(=O)c2c(C(F)F)nn(C)c2Oc2ccc(Cl)cc2)cc1. The molecule has 0 saturated heterocycles. The van der Waals surface area contributed by atoms with Crippen LogP contribution in [0.1, 0.15) is 58.3 Å². The predicted octanol–water partition coefficient (Wildman–Crippen LogP) is 5.50. The van der Waals surface area contributed by atoms with Gasteiger partial charge < -0.3 is 10.1 Å². The third-order valence-corrected chi connectivity index (χ3v) is 4.90. The zero-order chi connectivity index (χ0) is 22.7. The Morgan fingerprint density at radius 2 is 1.71 bits per heavy atom. The Bertz CT molecular complexity index is 1100. The van der Waals surface area contributed by atoms with E-state index in [9.17, 15) is 18.4 Å². The number of Topliss-reactive ketones (excluding diaryl/α,β-unsaturated/α-hetero) is 1. The van der Waals surface area contributed by atoms with Gasteiger partial charge in [-0.15, -0.1) is 0 Å². The molecule has 0 bridgehead atoms. The fourth-order valence-corrected chi connectivity index (χ4v) is 3.11. The summed E-state index contributed by atoms with van der Waals surface area (Å²) in [5.74, 6) is -0.635. The first-order valence-corrected chi connectivity index (χ1v) is 9.75. The number of amides is 1. The Balaban J connectivity index is 1.89. The van der Waals surface area contributed by atoms with Gasteiger partial charge >= 0.3 is 0 Å². The highest BCUT2D eigenvalue weighted by Crippen LogP contribution is 2.33. The Kier molecular flexibility index (Phi) is 6.70. The van der Waals surface area contributed by atoms with Crippen molar-refractivity contribution in [2.75, 3.05) is 0 Å². The topological polar surface area (TPSA) is 73.2 Å². The molecule has 1 atom stereocenters. The molecule has 0 fully saturated rings. The molecule has 31 heavy (non-hydrogen) atoms. The first-order valence-electron chi connectivity index (χ1n) is 9.37. The van der Waals surface area contributed by atoms with Crippen LogP contribution in [0.15, 0.2) is 48.5 Å². The average Bonchev–Trinajstić information content (AvgIpc) is 3.06. The van der Waals surface area contributed by atoms with Gasteiger partial charge in [-0.2, -0.15) is 5.10 Å². The van der Waals surface area contributed by atoms with E-state index in [0.717, 1.165) is 4.68 Å². The summed E-state index contributed by atoms with van der Waals surface area (Å²) in [6, 6.07) is 12.4. The number of aryl methyl sites for hydroxylation is 1. The van der Waals surface area contributed by atoms with Crippen molar-refractivity contribution in [3.05, 3.63) is 75.9 Å². The molecule has 162 valence electrons. The molecule has 1 heterocycles. The summed E-state index contributed by atoms with van der Waals surface area (Å²) in [6.45, 7) is 3.16. The number of aromatic nitrogens is 2. The van der Waals surface area contributed by atoms with Gasteiger partial charge in [-0.05, 0) is 43.7 Å². The highest BCUT2D eigenvalue weighted by atomic mass is 35.5. The van der Waals surface area contributed by atoms with Crippen LogP contribution in [0.5, 0.6) is 11.6 Å². The normalized spacial score (nSPS) is 12.0. The van der Waals surface area contributed by atoms with Crippen LogP contribution in [-0.4, -0.2) is 21.5 Å². The van der Waals surface area contributed by atoms with E-state index in [4.69, 9.17) is 16.3 Å². The van der Waals surface area contributed by atoms with Crippen LogP contribution in [0.25, 0.3) is 0 Å². The molecule has 1 amide bonds. The number of alkyl halides is 2. The minimum absolute atomic E-state index is 0.0795. The van der Waals surface area contributed by atoms with Gasteiger partial charge in [0.2, 0.25) is 5.88 Å². The summed E-state index contributed by atoms with van der Waals surface area (Å²) in [5.41, 5.74) is 0.219. The molecular weight excluding hydrogens is 428 g/mol. The number of carbonyl (C=O) groups excluding carboxylic acids is 2. The number of halogens is 3. The van der Waals surface area contributed by atoms with E-state index in [0.29, 0.717) is 21.9 Å². The second-order valence-electron chi connectivity index (χ2n) is 6.92. The summed E-state index contributed by atoms with van der Waals surface area (Å²) in [7, 11) is 1.41. The van der Waals surface area contributed by atoms with Crippen LogP contribution >= 0.6 is 11.6 Å². The molecule has 1 N–H and O–H groups in total. The minimum atomic E-state index is -2.97. The number of carbonyl (C=O) groups is 2. The Morgan fingerprint density at radius 3 is 2.26 bits per heavy atom. The second-order valence-corrected chi connectivity index (χ2v) is 7.36. The van der Waals surface area contributed by atoms with Crippen molar-refractivity contribution in [1.82, 2.24) is 15.1 Å². The van der Waals surface area contributed by atoms with Gasteiger partial charge in [0, 0.05) is 17.6 Å². The molecular formula is C22H20ClF2N3O3. The number of rotatable bonds is 7. The molecule has 1 aromatic heterocycles. The molecule has 3 aromatic rings. The van der Waals surface area contributed by atoms with Crippen LogP contribution in [0.3, 0.4) is 0 Å². The Labute approximate surface area is 182 Å². The summed E-state index contributed by atoms with van der Waals surface area (Å²) in [5, 5.41) is 6.95. The van der Waals surface area contributed by atoms with Gasteiger partial charge in [-0.1, -0.05) is 35.9 Å². The van der Waals surface area contributed by atoms with Crippen LogP contribution in [0.2, 0.25) is 5.02 Å². The van der Waals surface area contributed by atoms with E-state index in [2.05, 4.69) is 10.4 Å². The fourth-order valence-electron chi connectivity index (χ4n) is 2.98. The molecule has 0 saturated carbocycles. The maximum atomic E-state index is 13.6. The Morgan fingerprint density at radius 1 is 1.10 bits per heavy atom. The molecule has 0 aliphatic carbocycles. The summed E-state index contributed by atoms with van der Waals surface area (Å²) < 4.78 is 34.0. The lowest BCUT2D eigenvalue weighted by Gasteiger charge is -2.16. The predicted molar refractivity (Wildman–Crippen MR) is 112 cm³/mol. The fraction of sp³-hybridized carbons (Fsp3) is 0.227. The van der Waals surface area contributed by atoms with Crippen LogP contribution in [-0.2, 0) is 7.05 Å². The molecule has 2 aromatic carbocycles. The molecule has 0 aliphatic rings. The van der Waals surface area contributed by atoms with Crippen molar-refractivity contribution in [2.45, 2.75) is 26.3 Å². The lowest BCUT2D eigenvalue weighted by Crippen LogP contribution is -2.27. The zero-order valence-electron chi connectivity index (χ0n) is 17.0. The van der Waals surface area contributed by atoms with E-state index < -0.39 is 24.1 Å². The minimum Gasteiger partial charge on any atom is -0.438 e. The molecule has 0 aliphatic heterocycles. The van der Waals surface area contributed by atoms with E-state index in [-0.39, 0.29) is 17.2 Å². The van der Waals surface area contributed by atoms with Crippen molar-refractivity contribution >= 4 is 23.3 Å². The van der Waals surface area contributed by atoms with Crippen molar-refractivity contribution in [3.8, 4) is 11.6 Å². The first-order chi connectivity index (χ1) is 14.7. The van der Waals surface area contributed by atoms with Gasteiger partial charge in [0.1, 0.15) is 17.0 Å². The number of nitrogens with zero attached hydrogens (tertiary/aromatic N) is 2. The second kappa shape index (κ2) is 9.26. The first kappa shape index (κ1) is 22.4. The number of hydrogen-bond donors (Lipinski definition) is 1. The van der Waals surface area contributed by atoms with Gasteiger partial charge in [0.05, 0.1) is 6.04 Å². The molecule has 6 nitrogen and oxygen atoms in total. The van der Waals surface area contributed by atoms with Crippen LogP contribution < -0.4 is 10.1 Å². The highest BCUT2D eigenvalue weighted by molar-refractivity contribution is 6.30. The van der Waals surface area contributed by atoms with Gasteiger partial charge in [0.15, 0.2) is 5.78 Å². The standard InChI is InChI=1S/C22H20ClF2N3O3/c1-12(14-4-6-15(7-5-14)13(2)29)26-21(30)18-19(20(24)25)27-28(3)22(18)31-17-10-8-16(23)9-11-17/h4-12,20H,1-3H3,(H,26,30)/t12-/m0/s1. The van der Waals surface area contributed by atoms with E-state index in [1.807, 2.05) is 0 Å². The van der Waals surface area contributed by atoms with Gasteiger partial charge in [-0.25, -0.2) is 13.5 Å². The lowest BCUT2D eigenvalue weighted by atomic mass is 10.0. The maximum absolute atomic E-state index is 13.6. The van der Waals surface area contributed by atoms with Crippen molar-refractivity contribution in [1.29, 1.82) is 0 Å². The maximum Gasteiger partial charge on any atom is 0.283 e. The largest absolute Gasteiger partial charge is 0.438 e. The van der Waals surface area contributed by atoms with Gasteiger partial charge in [0.25, 0.3) is 12.3 Å². The smallest absolute Gasteiger partial charge is 0.283 e. The van der Waals surface area contributed by atoms with E-state index in [1.165, 1.54) is 14.0 Å². The Hall–Kier alpha value is -3.26.